The maximum atomic E-state index is 3.88. The molecule has 2 fully saturated rings. The summed E-state index contributed by atoms with van der Waals surface area (Å²) in [6.45, 7) is 13.0. The Kier molecular flexibility index (Phi) is 4.62. The summed E-state index contributed by atoms with van der Waals surface area (Å²) in [6.07, 6.45) is 8.25. The van der Waals surface area contributed by atoms with Gasteiger partial charge in [0, 0.05) is 17.1 Å². The molecule has 112 valence electrons. The summed E-state index contributed by atoms with van der Waals surface area (Å²) in [7, 11) is 0. The minimum absolute atomic E-state index is 0.264. The van der Waals surface area contributed by atoms with E-state index in [-0.39, 0.29) is 11.1 Å². The van der Waals surface area contributed by atoms with Gasteiger partial charge < -0.3 is 10.6 Å². The third-order valence-electron chi connectivity index (χ3n) is 5.02. The molecule has 19 heavy (non-hydrogen) atoms. The molecule has 0 bridgehead atoms. The van der Waals surface area contributed by atoms with Crippen LogP contribution in [0.25, 0.3) is 0 Å². The largest absolute Gasteiger partial charge is 0.314 e. The third-order valence-corrected chi connectivity index (χ3v) is 5.02. The molecule has 2 aliphatic rings. The van der Waals surface area contributed by atoms with Gasteiger partial charge in [0.15, 0.2) is 0 Å². The predicted molar refractivity (Wildman–Crippen MR) is 83.4 cm³/mol. The first kappa shape index (κ1) is 15.3. The molecular weight excluding hydrogens is 232 g/mol. The molecule has 2 rings (SSSR count). The Morgan fingerprint density at radius 3 is 2.00 bits per heavy atom. The van der Waals surface area contributed by atoms with Crippen LogP contribution in [0, 0.1) is 11.8 Å². The zero-order valence-electron chi connectivity index (χ0n) is 13.7. The Balaban J connectivity index is 1.79. The lowest BCUT2D eigenvalue weighted by Crippen LogP contribution is -2.61. The Labute approximate surface area is 120 Å². The lowest BCUT2D eigenvalue weighted by Gasteiger charge is -2.47. The Morgan fingerprint density at radius 1 is 0.947 bits per heavy atom. The van der Waals surface area contributed by atoms with E-state index in [4.69, 9.17) is 0 Å². The summed E-state index contributed by atoms with van der Waals surface area (Å²) in [5.74, 6) is 1.89. The molecule has 0 atom stereocenters. The minimum Gasteiger partial charge on any atom is -0.314 e. The van der Waals surface area contributed by atoms with Crippen molar-refractivity contribution < 1.29 is 0 Å². The molecule has 0 aromatic rings. The van der Waals surface area contributed by atoms with Crippen LogP contribution in [0.2, 0.25) is 0 Å². The maximum Gasteiger partial charge on any atom is 0.0144 e. The lowest BCUT2D eigenvalue weighted by atomic mass is 9.79. The fraction of sp³-hybridized carbons (Fsp3) is 1.00. The van der Waals surface area contributed by atoms with E-state index in [0.717, 1.165) is 11.8 Å². The van der Waals surface area contributed by atoms with Gasteiger partial charge in [-0.05, 0) is 71.8 Å². The topological polar surface area (TPSA) is 24.1 Å². The molecule has 0 spiro atoms. The average Bonchev–Trinajstić information content (AvgIpc) is 2.24. The van der Waals surface area contributed by atoms with E-state index in [0.29, 0.717) is 6.04 Å². The van der Waals surface area contributed by atoms with Gasteiger partial charge in [0.05, 0.1) is 0 Å². The van der Waals surface area contributed by atoms with Crippen molar-refractivity contribution in [2.75, 3.05) is 6.54 Å². The van der Waals surface area contributed by atoms with Crippen molar-refractivity contribution >= 4 is 0 Å². The minimum atomic E-state index is 0.264. The molecule has 1 saturated heterocycles. The van der Waals surface area contributed by atoms with Gasteiger partial charge in [-0.3, -0.25) is 0 Å². The predicted octanol–water partition coefficient (Wildman–Crippen LogP) is 3.71. The van der Waals surface area contributed by atoms with E-state index in [1.54, 1.807) is 0 Å². The SMILES string of the molecule is CC1CCC(CNC2CC(C)(C)NC(C)(C)C2)CC1. The number of hydrogen-bond acceptors (Lipinski definition) is 2. The van der Waals surface area contributed by atoms with E-state index in [2.05, 4.69) is 45.3 Å². The van der Waals surface area contributed by atoms with Gasteiger partial charge in [-0.2, -0.15) is 0 Å². The highest BCUT2D eigenvalue weighted by molar-refractivity contribution is 4.99. The number of rotatable bonds is 3. The zero-order chi connectivity index (χ0) is 14.1. The van der Waals surface area contributed by atoms with E-state index >= 15 is 0 Å². The third kappa shape index (κ3) is 4.75. The molecule has 2 heteroatoms. The first-order chi connectivity index (χ1) is 8.76. The van der Waals surface area contributed by atoms with Crippen molar-refractivity contribution in [1.29, 1.82) is 0 Å². The molecule has 2 N–H and O–H groups in total. The van der Waals surface area contributed by atoms with Gasteiger partial charge in [-0.15, -0.1) is 0 Å². The fourth-order valence-electron chi connectivity index (χ4n) is 4.33. The van der Waals surface area contributed by atoms with E-state index < -0.39 is 0 Å². The van der Waals surface area contributed by atoms with Crippen LogP contribution in [-0.2, 0) is 0 Å². The molecule has 1 aliphatic carbocycles. The smallest absolute Gasteiger partial charge is 0.0144 e. The van der Waals surface area contributed by atoms with Gasteiger partial charge in [0.25, 0.3) is 0 Å². The Bertz CT molecular complexity index is 272. The second-order valence-electron chi connectivity index (χ2n) is 8.53. The molecule has 1 aliphatic heterocycles. The van der Waals surface area contributed by atoms with Crippen molar-refractivity contribution in [3.8, 4) is 0 Å². The molecule has 1 heterocycles. The monoisotopic (exact) mass is 266 g/mol. The molecule has 1 saturated carbocycles. The molecule has 2 nitrogen and oxygen atoms in total. The fourth-order valence-corrected chi connectivity index (χ4v) is 4.33. The highest BCUT2D eigenvalue weighted by atomic mass is 15.1. The number of piperidine rings is 1. The van der Waals surface area contributed by atoms with Crippen LogP contribution in [0.15, 0.2) is 0 Å². The highest BCUT2D eigenvalue weighted by Gasteiger charge is 2.37. The first-order valence-electron chi connectivity index (χ1n) is 8.28. The number of hydrogen-bond donors (Lipinski definition) is 2. The zero-order valence-corrected chi connectivity index (χ0v) is 13.7. The van der Waals surface area contributed by atoms with Crippen LogP contribution in [0.5, 0.6) is 0 Å². The van der Waals surface area contributed by atoms with Crippen molar-refractivity contribution in [2.45, 2.75) is 90.3 Å². The van der Waals surface area contributed by atoms with Gasteiger partial charge in [-0.1, -0.05) is 19.8 Å². The molecule has 0 aromatic carbocycles. The molecular formula is C17H34N2. The van der Waals surface area contributed by atoms with Crippen LogP contribution < -0.4 is 10.6 Å². The Hall–Kier alpha value is -0.0800. The van der Waals surface area contributed by atoms with Crippen LogP contribution in [0.1, 0.15) is 73.1 Å². The van der Waals surface area contributed by atoms with Crippen LogP contribution in [0.4, 0.5) is 0 Å². The van der Waals surface area contributed by atoms with E-state index in [1.807, 2.05) is 0 Å². The van der Waals surface area contributed by atoms with Gasteiger partial charge in [-0.25, -0.2) is 0 Å². The second kappa shape index (κ2) is 5.73. The molecule has 0 amide bonds. The lowest BCUT2D eigenvalue weighted by molar-refractivity contribution is 0.140. The quantitative estimate of drug-likeness (QED) is 0.813. The van der Waals surface area contributed by atoms with Crippen LogP contribution >= 0.6 is 0 Å². The van der Waals surface area contributed by atoms with Crippen LogP contribution in [-0.4, -0.2) is 23.7 Å². The van der Waals surface area contributed by atoms with Crippen molar-refractivity contribution in [1.82, 2.24) is 10.6 Å². The molecule has 0 unspecified atom stereocenters. The van der Waals surface area contributed by atoms with Gasteiger partial charge in [0.1, 0.15) is 0 Å². The second-order valence-corrected chi connectivity index (χ2v) is 8.53. The van der Waals surface area contributed by atoms with Crippen molar-refractivity contribution in [3.05, 3.63) is 0 Å². The van der Waals surface area contributed by atoms with E-state index in [1.165, 1.54) is 45.1 Å². The average molecular weight is 266 g/mol. The summed E-state index contributed by atoms with van der Waals surface area (Å²) in [6, 6.07) is 0.686. The summed E-state index contributed by atoms with van der Waals surface area (Å²) < 4.78 is 0. The summed E-state index contributed by atoms with van der Waals surface area (Å²) >= 11 is 0. The van der Waals surface area contributed by atoms with Crippen LogP contribution in [0.3, 0.4) is 0 Å². The van der Waals surface area contributed by atoms with Gasteiger partial charge >= 0.3 is 0 Å². The van der Waals surface area contributed by atoms with Gasteiger partial charge in [0.2, 0.25) is 0 Å². The Morgan fingerprint density at radius 2 is 1.47 bits per heavy atom. The molecule has 0 aromatic heterocycles. The van der Waals surface area contributed by atoms with E-state index in [9.17, 15) is 0 Å². The number of nitrogens with one attached hydrogen (secondary N) is 2. The highest BCUT2D eigenvalue weighted by Crippen LogP contribution is 2.30. The standard InChI is InChI=1S/C17H34N2/c1-13-6-8-14(9-7-13)12-18-15-10-16(2,3)19-17(4,5)11-15/h13-15,18-19H,6-12H2,1-5H3. The first-order valence-corrected chi connectivity index (χ1v) is 8.28. The van der Waals surface area contributed by atoms with Crippen molar-refractivity contribution in [2.24, 2.45) is 11.8 Å². The summed E-state index contributed by atoms with van der Waals surface area (Å²) in [4.78, 5) is 0. The summed E-state index contributed by atoms with van der Waals surface area (Å²) in [5.41, 5.74) is 0.529. The molecule has 0 radical (unpaired) electrons. The van der Waals surface area contributed by atoms with Crippen molar-refractivity contribution in [3.63, 3.8) is 0 Å². The maximum absolute atomic E-state index is 3.88. The normalized spacial score (nSPS) is 35.2. The summed E-state index contributed by atoms with van der Waals surface area (Å²) in [5, 5.41) is 7.64.